The van der Waals surface area contributed by atoms with Crippen LogP contribution in [0, 0.1) is 0 Å². The third-order valence-corrected chi connectivity index (χ3v) is 4.83. The number of hydrogen-bond acceptors (Lipinski definition) is 5. The highest BCUT2D eigenvalue weighted by atomic mass is 19.4. The lowest BCUT2D eigenvalue weighted by Crippen LogP contribution is -2.16. The van der Waals surface area contributed by atoms with Crippen LogP contribution in [0.1, 0.15) is 15.9 Å². The van der Waals surface area contributed by atoms with Crippen LogP contribution in [0.3, 0.4) is 0 Å². The van der Waals surface area contributed by atoms with E-state index in [-0.39, 0.29) is 30.2 Å². The van der Waals surface area contributed by atoms with E-state index < -0.39 is 17.6 Å². The summed E-state index contributed by atoms with van der Waals surface area (Å²) in [6.07, 6.45) is -3.10. The number of alkyl halides is 3. The zero-order chi connectivity index (χ0) is 23.4. The molecule has 0 aliphatic rings. The highest BCUT2D eigenvalue weighted by Gasteiger charge is 2.31. The molecule has 0 aliphatic carbocycles. The minimum Gasteiger partial charge on any atom is -0.489 e. The minimum absolute atomic E-state index is 0.0954. The van der Waals surface area contributed by atoms with E-state index in [0.29, 0.717) is 22.4 Å². The molecule has 0 spiro atoms. The van der Waals surface area contributed by atoms with Gasteiger partial charge < -0.3 is 19.2 Å². The zero-order valence-electron chi connectivity index (χ0n) is 17.5. The van der Waals surface area contributed by atoms with Gasteiger partial charge in [-0.05, 0) is 42.5 Å². The number of para-hydroxylation sites is 1. The number of ether oxygens (including phenoxy) is 2. The quantitative estimate of drug-likeness (QED) is 0.356. The second-order valence-corrected chi connectivity index (χ2v) is 7.05. The Kier molecular flexibility index (Phi) is 6.32. The fourth-order valence-corrected chi connectivity index (χ4v) is 3.27. The fraction of sp³-hybridized carbons (Fsp3) is 0.167. The van der Waals surface area contributed by atoms with Crippen LogP contribution in [0.5, 0.6) is 5.75 Å². The summed E-state index contributed by atoms with van der Waals surface area (Å²) in [6.45, 7) is 0.335. The number of halogens is 3. The molecule has 2 heterocycles. The molecular weight excluding hydrogens is 437 g/mol. The predicted molar refractivity (Wildman–Crippen MR) is 116 cm³/mol. The summed E-state index contributed by atoms with van der Waals surface area (Å²) in [5, 5.41) is 3.11. The minimum atomic E-state index is -4.58. The number of furan rings is 1. The molecule has 1 N–H and O–H groups in total. The highest BCUT2D eigenvalue weighted by molar-refractivity contribution is 6.13. The van der Waals surface area contributed by atoms with Crippen molar-refractivity contribution < 1.29 is 31.9 Å². The van der Waals surface area contributed by atoms with Crippen LogP contribution in [0.15, 0.2) is 71.3 Å². The molecular formula is C24H19F3N2O4. The first-order valence-electron chi connectivity index (χ1n) is 9.95. The third-order valence-electron chi connectivity index (χ3n) is 4.83. The van der Waals surface area contributed by atoms with E-state index in [0.717, 1.165) is 12.1 Å². The molecule has 170 valence electrons. The number of amides is 1. The number of aromatic nitrogens is 1. The Labute approximate surface area is 187 Å². The van der Waals surface area contributed by atoms with Crippen molar-refractivity contribution >= 4 is 22.5 Å². The Hall–Kier alpha value is -3.85. The molecule has 9 heteroatoms. The van der Waals surface area contributed by atoms with Gasteiger partial charge in [0.2, 0.25) is 0 Å². The summed E-state index contributed by atoms with van der Waals surface area (Å²) in [6, 6.07) is 14.8. The molecule has 4 rings (SSSR count). The average Bonchev–Trinajstić information content (AvgIpc) is 3.34. The summed E-state index contributed by atoms with van der Waals surface area (Å²) in [7, 11) is 1.48. The maximum absolute atomic E-state index is 13.3. The number of nitrogens with zero attached hydrogens (tertiary/aromatic N) is 1. The standard InChI is InChI=1S/C24H19F3N2O4/c1-31-11-12-33-22-9-8-15(24(25,26)27)13-19(22)29-23(30)17-14-20(21-7-4-10-32-21)28-18-6-3-2-5-16(17)18/h2-10,13-14H,11-12H2,1H3,(H,29,30). The molecule has 4 aromatic rings. The van der Waals surface area contributed by atoms with E-state index in [4.69, 9.17) is 13.9 Å². The number of benzene rings is 2. The number of nitrogens with one attached hydrogen (secondary N) is 1. The number of fused-ring (bicyclic) bond motifs is 1. The molecule has 2 aromatic heterocycles. The smallest absolute Gasteiger partial charge is 0.416 e. The molecule has 0 radical (unpaired) electrons. The molecule has 2 aromatic carbocycles. The van der Waals surface area contributed by atoms with E-state index in [1.807, 2.05) is 0 Å². The molecule has 0 fully saturated rings. The van der Waals surface area contributed by atoms with Gasteiger partial charge in [-0.15, -0.1) is 0 Å². The van der Waals surface area contributed by atoms with Crippen molar-refractivity contribution in [2.75, 3.05) is 25.6 Å². The second-order valence-electron chi connectivity index (χ2n) is 7.05. The first-order valence-corrected chi connectivity index (χ1v) is 9.95. The van der Waals surface area contributed by atoms with Crippen LogP contribution in [0.2, 0.25) is 0 Å². The highest BCUT2D eigenvalue weighted by Crippen LogP contribution is 2.36. The first-order chi connectivity index (χ1) is 15.9. The van der Waals surface area contributed by atoms with Crippen molar-refractivity contribution in [2.45, 2.75) is 6.18 Å². The van der Waals surface area contributed by atoms with Gasteiger partial charge in [-0.25, -0.2) is 4.98 Å². The van der Waals surface area contributed by atoms with E-state index in [9.17, 15) is 18.0 Å². The number of carbonyl (C=O) groups is 1. The van der Waals surface area contributed by atoms with E-state index in [1.54, 1.807) is 36.4 Å². The van der Waals surface area contributed by atoms with Gasteiger partial charge in [-0.3, -0.25) is 4.79 Å². The number of methoxy groups -OCH3 is 1. The molecule has 0 unspecified atom stereocenters. The van der Waals surface area contributed by atoms with Crippen LogP contribution < -0.4 is 10.1 Å². The van der Waals surface area contributed by atoms with Gasteiger partial charge in [0.1, 0.15) is 18.1 Å². The van der Waals surface area contributed by atoms with Gasteiger partial charge in [0.25, 0.3) is 5.91 Å². The second kappa shape index (κ2) is 9.33. The van der Waals surface area contributed by atoms with Crippen molar-refractivity contribution in [3.8, 4) is 17.2 Å². The zero-order valence-corrected chi connectivity index (χ0v) is 17.5. The predicted octanol–water partition coefficient (Wildman–Crippen LogP) is 5.79. The van der Waals surface area contributed by atoms with E-state index in [1.165, 1.54) is 25.5 Å². The summed E-state index contributed by atoms with van der Waals surface area (Å²) in [5.41, 5.74) is 0.174. The molecule has 0 saturated heterocycles. The summed E-state index contributed by atoms with van der Waals surface area (Å²) >= 11 is 0. The Balaban J connectivity index is 1.74. The van der Waals surface area contributed by atoms with Gasteiger partial charge in [-0.1, -0.05) is 18.2 Å². The largest absolute Gasteiger partial charge is 0.489 e. The molecule has 1 amide bonds. The Morgan fingerprint density at radius 2 is 1.88 bits per heavy atom. The maximum Gasteiger partial charge on any atom is 0.416 e. The van der Waals surface area contributed by atoms with Gasteiger partial charge in [-0.2, -0.15) is 13.2 Å². The Morgan fingerprint density at radius 3 is 2.61 bits per heavy atom. The van der Waals surface area contributed by atoms with Crippen molar-refractivity contribution in [2.24, 2.45) is 0 Å². The molecule has 0 aliphatic heterocycles. The number of anilines is 1. The van der Waals surface area contributed by atoms with Crippen molar-refractivity contribution in [1.82, 2.24) is 4.98 Å². The van der Waals surface area contributed by atoms with Gasteiger partial charge >= 0.3 is 6.18 Å². The Morgan fingerprint density at radius 1 is 1.06 bits per heavy atom. The molecule has 0 saturated carbocycles. The Bertz CT molecular complexity index is 1270. The van der Waals surface area contributed by atoms with Gasteiger partial charge in [0.05, 0.1) is 35.2 Å². The number of pyridine rings is 1. The topological polar surface area (TPSA) is 73.6 Å². The first kappa shape index (κ1) is 22.3. The monoisotopic (exact) mass is 456 g/mol. The molecule has 0 bridgehead atoms. The number of rotatable bonds is 7. The van der Waals surface area contributed by atoms with Crippen molar-refractivity contribution in [3.05, 3.63) is 78.1 Å². The molecule has 0 atom stereocenters. The third kappa shape index (κ3) is 4.98. The fourth-order valence-electron chi connectivity index (χ4n) is 3.27. The van der Waals surface area contributed by atoms with Gasteiger partial charge in [0.15, 0.2) is 5.76 Å². The lowest BCUT2D eigenvalue weighted by Gasteiger charge is -2.16. The van der Waals surface area contributed by atoms with Crippen molar-refractivity contribution in [3.63, 3.8) is 0 Å². The number of hydrogen-bond donors (Lipinski definition) is 1. The van der Waals surface area contributed by atoms with Crippen LogP contribution in [0.25, 0.3) is 22.4 Å². The number of carbonyl (C=O) groups excluding carboxylic acids is 1. The van der Waals surface area contributed by atoms with Crippen LogP contribution >= 0.6 is 0 Å². The van der Waals surface area contributed by atoms with Crippen LogP contribution in [-0.2, 0) is 10.9 Å². The lowest BCUT2D eigenvalue weighted by atomic mass is 10.1. The van der Waals surface area contributed by atoms with Gasteiger partial charge in [0, 0.05) is 12.5 Å². The summed E-state index contributed by atoms with van der Waals surface area (Å²) in [5.74, 6) is -0.0622. The average molecular weight is 456 g/mol. The van der Waals surface area contributed by atoms with Crippen LogP contribution in [0.4, 0.5) is 18.9 Å². The molecule has 33 heavy (non-hydrogen) atoms. The van der Waals surface area contributed by atoms with E-state index in [2.05, 4.69) is 10.3 Å². The normalized spacial score (nSPS) is 11.5. The summed E-state index contributed by atoms with van der Waals surface area (Å²) < 4.78 is 55.7. The lowest BCUT2D eigenvalue weighted by molar-refractivity contribution is -0.137. The van der Waals surface area contributed by atoms with Crippen LogP contribution in [-0.4, -0.2) is 31.2 Å². The maximum atomic E-state index is 13.3. The van der Waals surface area contributed by atoms with E-state index >= 15 is 0 Å². The van der Waals surface area contributed by atoms with Crippen molar-refractivity contribution in [1.29, 1.82) is 0 Å². The SMILES string of the molecule is COCCOc1ccc(C(F)(F)F)cc1NC(=O)c1cc(-c2ccco2)nc2ccccc12. The summed E-state index contributed by atoms with van der Waals surface area (Å²) in [4.78, 5) is 17.8. The molecule has 6 nitrogen and oxygen atoms in total.